The first-order valence-corrected chi connectivity index (χ1v) is 9.69. The van der Waals surface area contributed by atoms with Crippen molar-refractivity contribution in [2.45, 2.75) is 51.9 Å². The molecule has 1 unspecified atom stereocenters. The van der Waals surface area contributed by atoms with E-state index in [4.69, 9.17) is 4.98 Å². The second kappa shape index (κ2) is 5.99. The van der Waals surface area contributed by atoms with Gasteiger partial charge in [-0.15, -0.1) is 11.3 Å². The standard InChI is InChI=1S/C18H23N3O2S/c1-10(2)18(23)21-8-7-11(9-21)15-19-16(22)14-12-5-3-4-6-13(12)24-17(14)20-15/h10-11H,3-9H2,1-2H3,(H,19,20,22). The van der Waals surface area contributed by atoms with Gasteiger partial charge in [0.1, 0.15) is 10.7 Å². The maximum Gasteiger partial charge on any atom is 0.259 e. The number of likely N-dealkylation sites (tertiary alicyclic amines) is 1. The Kier molecular flexibility index (Phi) is 3.95. The molecule has 4 rings (SSSR count). The molecule has 0 aromatic carbocycles. The van der Waals surface area contributed by atoms with E-state index in [0.717, 1.165) is 48.3 Å². The molecule has 2 aromatic heterocycles. The Morgan fingerprint density at radius 1 is 1.33 bits per heavy atom. The Morgan fingerprint density at radius 2 is 2.12 bits per heavy atom. The van der Waals surface area contributed by atoms with Crippen LogP contribution in [0.5, 0.6) is 0 Å². The molecule has 1 aliphatic heterocycles. The highest BCUT2D eigenvalue weighted by molar-refractivity contribution is 7.18. The zero-order valence-electron chi connectivity index (χ0n) is 14.2. The summed E-state index contributed by atoms with van der Waals surface area (Å²) in [6.07, 6.45) is 5.32. The van der Waals surface area contributed by atoms with E-state index in [1.54, 1.807) is 11.3 Å². The van der Waals surface area contributed by atoms with Crippen molar-refractivity contribution in [3.05, 3.63) is 26.6 Å². The van der Waals surface area contributed by atoms with Gasteiger partial charge >= 0.3 is 0 Å². The smallest absolute Gasteiger partial charge is 0.259 e. The molecule has 1 saturated heterocycles. The molecule has 3 heterocycles. The van der Waals surface area contributed by atoms with Gasteiger partial charge in [-0.2, -0.15) is 0 Å². The molecule has 0 spiro atoms. The monoisotopic (exact) mass is 345 g/mol. The number of rotatable bonds is 2. The van der Waals surface area contributed by atoms with E-state index in [1.807, 2.05) is 18.7 Å². The quantitative estimate of drug-likeness (QED) is 0.910. The summed E-state index contributed by atoms with van der Waals surface area (Å²) in [7, 11) is 0. The summed E-state index contributed by atoms with van der Waals surface area (Å²) in [5.74, 6) is 1.10. The Balaban J connectivity index is 1.66. The molecular formula is C18H23N3O2S. The minimum Gasteiger partial charge on any atom is -0.342 e. The van der Waals surface area contributed by atoms with Gasteiger partial charge in [-0.1, -0.05) is 13.8 Å². The average molecular weight is 345 g/mol. The van der Waals surface area contributed by atoms with Gasteiger partial charge in [0.25, 0.3) is 5.56 Å². The molecule has 2 aromatic rings. The van der Waals surface area contributed by atoms with E-state index in [2.05, 4.69) is 4.98 Å². The lowest BCUT2D eigenvalue weighted by molar-refractivity contribution is -0.133. The fourth-order valence-electron chi connectivity index (χ4n) is 3.92. The third kappa shape index (κ3) is 2.57. The van der Waals surface area contributed by atoms with E-state index in [1.165, 1.54) is 16.9 Å². The van der Waals surface area contributed by atoms with Crippen LogP contribution in [-0.2, 0) is 17.6 Å². The summed E-state index contributed by atoms with van der Waals surface area (Å²) in [5, 5.41) is 0.812. The van der Waals surface area contributed by atoms with Crippen molar-refractivity contribution in [1.29, 1.82) is 0 Å². The molecule has 0 bridgehead atoms. The number of amides is 1. The number of carbonyl (C=O) groups excluding carboxylic acids is 1. The van der Waals surface area contributed by atoms with Crippen LogP contribution >= 0.6 is 11.3 Å². The van der Waals surface area contributed by atoms with Crippen molar-refractivity contribution in [3.63, 3.8) is 0 Å². The van der Waals surface area contributed by atoms with Crippen LogP contribution in [-0.4, -0.2) is 33.9 Å². The summed E-state index contributed by atoms with van der Waals surface area (Å²) in [6.45, 7) is 5.27. The summed E-state index contributed by atoms with van der Waals surface area (Å²) in [5.41, 5.74) is 1.23. The van der Waals surface area contributed by atoms with Crippen LogP contribution in [0.3, 0.4) is 0 Å². The lowest BCUT2D eigenvalue weighted by Crippen LogP contribution is -2.32. The van der Waals surface area contributed by atoms with E-state index in [9.17, 15) is 9.59 Å². The van der Waals surface area contributed by atoms with Crippen LogP contribution in [0.2, 0.25) is 0 Å². The second-order valence-corrected chi connectivity index (χ2v) is 8.35. The molecule has 0 saturated carbocycles. The molecule has 5 nitrogen and oxygen atoms in total. The van der Waals surface area contributed by atoms with Gasteiger partial charge in [0.15, 0.2) is 0 Å². The Labute approximate surface area is 145 Å². The number of H-pyrrole nitrogens is 1. The summed E-state index contributed by atoms with van der Waals surface area (Å²) in [6, 6.07) is 0. The fraction of sp³-hybridized carbons (Fsp3) is 0.611. The largest absolute Gasteiger partial charge is 0.342 e. The van der Waals surface area contributed by atoms with E-state index < -0.39 is 0 Å². The van der Waals surface area contributed by atoms with Crippen molar-refractivity contribution in [2.75, 3.05) is 13.1 Å². The maximum atomic E-state index is 12.6. The zero-order chi connectivity index (χ0) is 16.8. The molecule has 0 radical (unpaired) electrons. The van der Waals surface area contributed by atoms with Gasteiger partial charge in [0.05, 0.1) is 5.39 Å². The SMILES string of the molecule is CC(C)C(=O)N1CCC(c2nc3sc4c(c3c(=O)[nH]2)CCCC4)C1. The molecule has 2 aliphatic rings. The first-order chi connectivity index (χ1) is 11.5. The van der Waals surface area contributed by atoms with Gasteiger partial charge in [-0.25, -0.2) is 4.98 Å². The minimum atomic E-state index is 0.00281. The topological polar surface area (TPSA) is 66.1 Å². The third-order valence-corrected chi connectivity index (χ3v) is 6.41. The molecule has 6 heteroatoms. The molecule has 1 N–H and O–H groups in total. The van der Waals surface area contributed by atoms with Gasteiger partial charge in [-0.3, -0.25) is 9.59 Å². The van der Waals surface area contributed by atoms with E-state index in [-0.39, 0.29) is 23.3 Å². The number of fused-ring (bicyclic) bond motifs is 3. The van der Waals surface area contributed by atoms with Crippen LogP contribution < -0.4 is 5.56 Å². The lowest BCUT2D eigenvalue weighted by Gasteiger charge is -2.18. The van der Waals surface area contributed by atoms with Crippen molar-refractivity contribution < 1.29 is 4.79 Å². The van der Waals surface area contributed by atoms with Gasteiger partial charge in [0, 0.05) is 29.8 Å². The molecular weight excluding hydrogens is 322 g/mol. The number of thiophene rings is 1. The zero-order valence-corrected chi connectivity index (χ0v) is 15.0. The predicted octanol–water partition coefficient (Wildman–Crippen LogP) is 2.84. The minimum absolute atomic E-state index is 0.00281. The van der Waals surface area contributed by atoms with Crippen molar-refractivity contribution in [2.24, 2.45) is 5.92 Å². The molecule has 1 fully saturated rings. The highest BCUT2D eigenvalue weighted by Crippen LogP contribution is 2.34. The van der Waals surface area contributed by atoms with Crippen LogP contribution in [0.15, 0.2) is 4.79 Å². The second-order valence-electron chi connectivity index (χ2n) is 7.27. The number of carbonyl (C=O) groups is 1. The van der Waals surface area contributed by atoms with Crippen molar-refractivity contribution in [1.82, 2.24) is 14.9 Å². The molecule has 1 amide bonds. The normalized spacial score (nSPS) is 20.8. The van der Waals surface area contributed by atoms with E-state index >= 15 is 0 Å². The third-order valence-electron chi connectivity index (χ3n) is 5.22. The Bertz CT molecular complexity index is 852. The highest BCUT2D eigenvalue weighted by Gasteiger charge is 2.30. The first kappa shape index (κ1) is 15.8. The van der Waals surface area contributed by atoms with Gasteiger partial charge in [-0.05, 0) is 37.7 Å². The number of aromatic amines is 1. The van der Waals surface area contributed by atoms with Crippen LogP contribution in [0, 0.1) is 5.92 Å². The maximum absolute atomic E-state index is 12.6. The number of aromatic nitrogens is 2. The summed E-state index contributed by atoms with van der Waals surface area (Å²) >= 11 is 1.69. The number of nitrogens with one attached hydrogen (secondary N) is 1. The summed E-state index contributed by atoms with van der Waals surface area (Å²) < 4.78 is 0. The number of hydrogen-bond acceptors (Lipinski definition) is 4. The van der Waals surface area contributed by atoms with E-state index in [0.29, 0.717) is 6.54 Å². The molecule has 24 heavy (non-hydrogen) atoms. The molecule has 128 valence electrons. The van der Waals surface area contributed by atoms with Gasteiger partial charge in [0.2, 0.25) is 5.91 Å². The van der Waals surface area contributed by atoms with Gasteiger partial charge < -0.3 is 9.88 Å². The highest BCUT2D eigenvalue weighted by atomic mass is 32.1. The number of aryl methyl sites for hydroxylation is 2. The predicted molar refractivity (Wildman–Crippen MR) is 95.7 cm³/mol. The average Bonchev–Trinajstić information content (AvgIpc) is 3.18. The van der Waals surface area contributed by atoms with Crippen LogP contribution in [0.4, 0.5) is 0 Å². The number of nitrogens with zero attached hydrogens (tertiary/aromatic N) is 2. The van der Waals surface area contributed by atoms with Crippen molar-refractivity contribution in [3.8, 4) is 0 Å². The van der Waals surface area contributed by atoms with Crippen molar-refractivity contribution >= 4 is 27.5 Å². The Morgan fingerprint density at radius 3 is 2.92 bits per heavy atom. The van der Waals surface area contributed by atoms with Crippen LogP contribution in [0.1, 0.15) is 55.3 Å². The lowest BCUT2D eigenvalue weighted by atomic mass is 9.97. The summed E-state index contributed by atoms with van der Waals surface area (Å²) in [4.78, 5) is 36.7. The number of hydrogen-bond donors (Lipinski definition) is 1. The van der Waals surface area contributed by atoms with Crippen LogP contribution in [0.25, 0.3) is 10.2 Å². The fourth-order valence-corrected chi connectivity index (χ4v) is 5.19. The molecule has 1 atom stereocenters. The molecule has 1 aliphatic carbocycles. The first-order valence-electron chi connectivity index (χ1n) is 8.88. The Hall–Kier alpha value is -1.69.